The molecule has 1 fully saturated rings. The highest BCUT2D eigenvalue weighted by atomic mass is 16.1. The van der Waals surface area contributed by atoms with E-state index in [0.29, 0.717) is 11.5 Å². The van der Waals surface area contributed by atoms with Gasteiger partial charge in [0.2, 0.25) is 0 Å². The summed E-state index contributed by atoms with van der Waals surface area (Å²) in [6.45, 7) is 5.71. The van der Waals surface area contributed by atoms with E-state index in [4.69, 9.17) is 0 Å². The van der Waals surface area contributed by atoms with Crippen LogP contribution in [0.25, 0.3) is 0 Å². The molecule has 0 unspecified atom stereocenters. The average molecular weight is 166 g/mol. The molecule has 0 aliphatic heterocycles. The van der Waals surface area contributed by atoms with E-state index in [9.17, 15) is 9.59 Å². The summed E-state index contributed by atoms with van der Waals surface area (Å²) in [4.78, 5) is 21.1. The number of carbonyl (C=O) groups is 2. The Kier molecular flexibility index (Phi) is 2.79. The molecule has 3 atom stereocenters. The lowest BCUT2D eigenvalue weighted by atomic mass is 9.87. The van der Waals surface area contributed by atoms with Crippen molar-refractivity contribution in [3.63, 3.8) is 0 Å². The highest BCUT2D eigenvalue weighted by molar-refractivity contribution is 5.74. The molecule has 2 nitrogen and oxygen atoms in total. The Morgan fingerprint density at radius 2 is 2.08 bits per heavy atom. The maximum atomic E-state index is 10.7. The van der Waals surface area contributed by atoms with E-state index in [-0.39, 0.29) is 11.8 Å². The molecule has 12 heavy (non-hydrogen) atoms. The molecule has 66 valence electrons. The molecule has 0 heterocycles. The predicted octanol–water partition coefficient (Wildman–Crippen LogP) is 1.60. The summed E-state index contributed by atoms with van der Waals surface area (Å²) in [5.41, 5.74) is 0.580. The molecule has 0 N–H and O–H groups in total. The van der Waals surface area contributed by atoms with Crippen LogP contribution in [-0.2, 0) is 9.59 Å². The van der Waals surface area contributed by atoms with Crippen LogP contribution in [0.3, 0.4) is 0 Å². The molecule has 0 bridgehead atoms. The van der Waals surface area contributed by atoms with Crippen molar-refractivity contribution in [2.24, 2.45) is 17.8 Å². The Bertz CT molecular complexity index is 208. The lowest BCUT2D eigenvalue weighted by molar-refractivity contribution is -0.112. The summed E-state index contributed by atoms with van der Waals surface area (Å²) in [5, 5.41) is 0. The first-order chi connectivity index (χ1) is 5.70. The van der Waals surface area contributed by atoms with Gasteiger partial charge in [0.15, 0.2) is 0 Å². The van der Waals surface area contributed by atoms with E-state index >= 15 is 0 Å². The van der Waals surface area contributed by atoms with E-state index in [1.807, 2.05) is 0 Å². The Morgan fingerprint density at radius 3 is 2.58 bits per heavy atom. The van der Waals surface area contributed by atoms with Crippen molar-refractivity contribution in [3.05, 3.63) is 12.2 Å². The number of aldehydes is 2. The third-order valence-corrected chi connectivity index (χ3v) is 2.84. The zero-order valence-electron chi connectivity index (χ0n) is 7.32. The number of allylic oxidation sites excluding steroid dienone is 1. The van der Waals surface area contributed by atoms with E-state index < -0.39 is 0 Å². The van der Waals surface area contributed by atoms with Crippen molar-refractivity contribution in [1.82, 2.24) is 0 Å². The Labute approximate surface area is 72.7 Å². The van der Waals surface area contributed by atoms with Gasteiger partial charge in [0.25, 0.3) is 0 Å². The summed E-state index contributed by atoms with van der Waals surface area (Å²) in [5.74, 6) is 0.530. The second-order valence-corrected chi connectivity index (χ2v) is 3.57. The molecular formula is C10H14O2. The molecule has 1 aliphatic rings. The van der Waals surface area contributed by atoms with Crippen molar-refractivity contribution < 1.29 is 9.59 Å². The first-order valence-corrected chi connectivity index (χ1v) is 4.30. The van der Waals surface area contributed by atoms with E-state index in [1.165, 1.54) is 0 Å². The van der Waals surface area contributed by atoms with Crippen LogP contribution in [0.15, 0.2) is 12.2 Å². The monoisotopic (exact) mass is 166 g/mol. The lowest BCUT2D eigenvalue weighted by Crippen LogP contribution is -2.16. The van der Waals surface area contributed by atoms with Gasteiger partial charge >= 0.3 is 0 Å². The number of carbonyl (C=O) groups excluding carboxylic acids is 2. The first-order valence-electron chi connectivity index (χ1n) is 4.30. The lowest BCUT2D eigenvalue weighted by Gasteiger charge is -2.15. The molecule has 0 saturated heterocycles. The van der Waals surface area contributed by atoms with Gasteiger partial charge in [-0.05, 0) is 30.3 Å². The van der Waals surface area contributed by atoms with Gasteiger partial charge in [0.05, 0.1) is 0 Å². The van der Waals surface area contributed by atoms with Crippen LogP contribution in [0.2, 0.25) is 0 Å². The molecule has 0 amide bonds. The molecule has 0 aromatic rings. The first kappa shape index (κ1) is 9.17. The highest BCUT2D eigenvalue weighted by Gasteiger charge is 2.34. The van der Waals surface area contributed by atoms with Crippen LogP contribution in [0, 0.1) is 17.8 Å². The minimum absolute atomic E-state index is 0.0164. The van der Waals surface area contributed by atoms with E-state index in [0.717, 1.165) is 25.4 Å². The molecule has 1 rings (SSSR count). The van der Waals surface area contributed by atoms with Crippen molar-refractivity contribution in [2.45, 2.75) is 19.8 Å². The molecule has 0 spiro atoms. The SMILES string of the molecule is C=C(C=O)[C@H]1CC[C@@H](C)[C@@H]1C=O. The third kappa shape index (κ3) is 1.47. The average Bonchev–Trinajstić information content (AvgIpc) is 2.45. The van der Waals surface area contributed by atoms with Crippen molar-refractivity contribution >= 4 is 12.6 Å². The van der Waals surface area contributed by atoms with Gasteiger partial charge in [-0.1, -0.05) is 13.5 Å². The highest BCUT2D eigenvalue weighted by Crippen LogP contribution is 2.38. The standard InChI is InChI=1S/C10H14O2/c1-7-3-4-9(8(2)5-11)10(7)6-12/h5-7,9-10H,2-4H2,1H3/t7-,9-,10+/m1/s1. The van der Waals surface area contributed by atoms with Crippen molar-refractivity contribution in [1.29, 1.82) is 0 Å². The zero-order valence-corrected chi connectivity index (χ0v) is 7.32. The minimum Gasteiger partial charge on any atom is -0.303 e. The Balaban J connectivity index is 2.72. The number of hydrogen-bond donors (Lipinski definition) is 0. The van der Waals surface area contributed by atoms with Gasteiger partial charge < -0.3 is 4.79 Å². The van der Waals surface area contributed by atoms with Crippen LogP contribution in [0.1, 0.15) is 19.8 Å². The maximum Gasteiger partial charge on any atom is 0.145 e. The second kappa shape index (κ2) is 3.65. The summed E-state index contributed by atoms with van der Waals surface area (Å²) < 4.78 is 0. The molecule has 0 radical (unpaired) electrons. The van der Waals surface area contributed by atoms with Gasteiger partial charge in [-0.3, -0.25) is 4.79 Å². The van der Waals surface area contributed by atoms with Gasteiger partial charge in [-0.25, -0.2) is 0 Å². The van der Waals surface area contributed by atoms with Gasteiger partial charge in [-0.2, -0.15) is 0 Å². The quantitative estimate of drug-likeness (QED) is 0.471. The normalized spacial score (nSPS) is 34.6. The summed E-state index contributed by atoms with van der Waals surface area (Å²) >= 11 is 0. The molecule has 1 aliphatic carbocycles. The Morgan fingerprint density at radius 1 is 1.42 bits per heavy atom. The summed E-state index contributed by atoms with van der Waals surface area (Å²) in [6, 6.07) is 0. The molecular weight excluding hydrogens is 152 g/mol. The van der Waals surface area contributed by atoms with Crippen molar-refractivity contribution in [2.75, 3.05) is 0 Å². The molecule has 1 saturated carbocycles. The number of rotatable bonds is 3. The molecule has 2 heteroatoms. The van der Waals surface area contributed by atoms with Crippen LogP contribution in [0.4, 0.5) is 0 Å². The predicted molar refractivity (Wildman–Crippen MR) is 46.6 cm³/mol. The summed E-state index contributed by atoms with van der Waals surface area (Å²) in [6.07, 6.45) is 3.71. The third-order valence-electron chi connectivity index (χ3n) is 2.84. The van der Waals surface area contributed by atoms with E-state index in [2.05, 4.69) is 13.5 Å². The zero-order chi connectivity index (χ0) is 9.14. The van der Waals surface area contributed by atoms with Crippen LogP contribution in [-0.4, -0.2) is 12.6 Å². The molecule has 0 aromatic carbocycles. The van der Waals surface area contributed by atoms with Gasteiger partial charge in [0, 0.05) is 5.92 Å². The fourth-order valence-electron chi connectivity index (χ4n) is 1.97. The maximum absolute atomic E-state index is 10.7. The molecule has 0 aromatic heterocycles. The Hall–Kier alpha value is -0.920. The van der Waals surface area contributed by atoms with Crippen LogP contribution in [0.5, 0.6) is 0 Å². The van der Waals surface area contributed by atoms with Crippen LogP contribution < -0.4 is 0 Å². The fraction of sp³-hybridized carbons (Fsp3) is 0.600. The summed E-state index contributed by atoms with van der Waals surface area (Å²) in [7, 11) is 0. The van der Waals surface area contributed by atoms with Crippen molar-refractivity contribution in [3.8, 4) is 0 Å². The minimum atomic E-state index is 0.0164. The fourth-order valence-corrected chi connectivity index (χ4v) is 1.97. The van der Waals surface area contributed by atoms with Gasteiger partial charge in [-0.15, -0.1) is 0 Å². The van der Waals surface area contributed by atoms with Crippen LogP contribution >= 0.6 is 0 Å². The van der Waals surface area contributed by atoms with Gasteiger partial charge in [0.1, 0.15) is 12.6 Å². The second-order valence-electron chi connectivity index (χ2n) is 3.57. The van der Waals surface area contributed by atoms with E-state index in [1.54, 1.807) is 0 Å². The topological polar surface area (TPSA) is 34.1 Å². The largest absolute Gasteiger partial charge is 0.303 e. The smallest absolute Gasteiger partial charge is 0.145 e. The number of hydrogen-bond acceptors (Lipinski definition) is 2.